The van der Waals surface area contributed by atoms with Crippen LogP contribution in [-0.2, 0) is 4.79 Å². The maximum Gasteiger partial charge on any atom is 0.279 e. The third-order valence-corrected chi connectivity index (χ3v) is 4.32. The smallest absolute Gasteiger partial charge is 0.279 e. The average Bonchev–Trinajstić information content (AvgIpc) is 3.25. The summed E-state index contributed by atoms with van der Waals surface area (Å²) in [4.78, 5) is 20.4. The molecule has 0 saturated heterocycles. The number of ether oxygens (including phenoxy) is 1. The van der Waals surface area contributed by atoms with Gasteiger partial charge in [0.05, 0.1) is 11.1 Å². The zero-order valence-corrected chi connectivity index (χ0v) is 16.3. The molecule has 0 aliphatic carbocycles. The highest BCUT2D eigenvalue weighted by atomic mass is 32.1. The van der Waals surface area contributed by atoms with Crippen molar-refractivity contribution in [3.63, 3.8) is 0 Å². The van der Waals surface area contributed by atoms with E-state index < -0.39 is 0 Å². The summed E-state index contributed by atoms with van der Waals surface area (Å²) in [7, 11) is 0. The Morgan fingerprint density at radius 1 is 1.22 bits per heavy atom. The Hall–Kier alpha value is -2.94. The molecule has 8 nitrogen and oxygen atoms in total. The largest absolute Gasteiger partial charge is 0.431 e. The number of benzene rings is 1. The van der Waals surface area contributed by atoms with Gasteiger partial charge in [-0.15, -0.1) is 0 Å². The summed E-state index contributed by atoms with van der Waals surface area (Å²) in [6, 6.07) is 7.69. The van der Waals surface area contributed by atoms with Gasteiger partial charge in [0.15, 0.2) is 0 Å². The molecule has 0 bridgehead atoms. The maximum absolute atomic E-state index is 11.1. The van der Waals surface area contributed by atoms with E-state index in [-0.39, 0.29) is 11.9 Å². The zero-order chi connectivity index (χ0) is 19.4. The first kappa shape index (κ1) is 18.8. The number of anilines is 1. The van der Waals surface area contributed by atoms with Gasteiger partial charge in [-0.25, -0.2) is 4.98 Å². The van der Waals surface area contributed by atoms with Crippen LogP contribution in [-0.4, -0.2) is 27.1 Å². The zero-order valence-electron chi connectivity index (χ0n) is 15.5. The minimum Gasteiger partial charge on any atom is -0.431 e. The van der Waals surface area contributed by atoms with Crippen molar-refractivity contribution in [2.24, 2.45) is 0 Å². The minimum atomic E-state index is -0.356. The summed E-state index contributed by atoms with van der Waals surface area (Å²) in [6.45, 7) is 7.38. The summed E-state index contributed by atoms with van der Waals surface area (Å²) in [6.07, 6.45) is 1.63. The molecule has 0 radical (unpaired) electrons. The van der Waals surface area contributed by atoms with Crippen LogP contribution in [0.5, 0.6) is 10.9 Å². The van der Waals surface area contributed by atoms with Gasteiger partial charge >= 0.3 is 0 Å². The van der Waals surface area contributed by atoms with E-state index in [1.54, 1.807) is 13.1 Å². The molecule has 27 heavy (non-hydrogen) atoms. The van der Waals surface area contributed by atoms with E-state index in [1.807, 2.05) is 24.3 Å². The second-order valence-electron chi connectivity index (χ2n) is 6.29. The molecule has 0 spiro atoms. The van der Waals surface area contributed by atoms with E-state index in [2.05, 4.69) is 39.6 Å². The molecule has 0 aliphatic rings. The fraction of sp³-hybridized carbons (Fsp3) is 0.333. The number of nitrogens with zero attached hydrogens (tertiary/aromatic N) is 3. The van der Waals surface area contributed by atoms with Crippen molar-refractivity contribution >= 4 is 22.9 Å². The quantitative estimate of drug-likeness (QED) is 0.631. The molecule has 1 amide bonds. The number of nitrogens with one attached hydrogen (secondary N) is 2. The van der Waals surface area contributed by atoms with E-state index in [9.17, 15) is 4.79 Å². The van der Waals surface area contributed by atoms with Gasteiger partial charge in [-0.2, -0.15) is 4.98 Å². The van der Waals surface area contributed by atoms with E-state index in [0.717, 1.165) is 5.69 Å². The van der Waals surface area contributed by atoms with Gasteiger partial charge in [0.2, 0.25) is 17.6 Å². The first-order valence-corrected chi connectivity index (χ1v) is 9.33. The van der Waals surface area contributed by atoms with Crippen LogP contribution in [0.25, 0.3) is 10.7 Å². The lowest BCUT2D eigenvalue weighted by Crippen LogP contribution is -2.23. The summed E-state index contributed by atoms with van der Waals surface area (Å²) in [5, 5.41) is 10.4. The number of thiazole rings is 1. The third-order valence-electron chi connectivity index (χ3n) is 3.45. The predicted octanol–water partition coefficient (Wildman–Crippen LogP) is 4.00. The van der Waals surface area contributed by atoms with E-state index in [1.165, 1.54) is 18.3 Å². The molecule has 142 valence electrons. The molecule has 1 unspecified atom stereocenters. The standard InChI is InChI=1S/C18H21N5O3S/c1-10(2)20-13-5-7-14(8-6-13)25-18-19-9-15(27-18)16-22-17(26-23-16)11(3)21-12(4)24/h5-11,20H,1-4H3,(H,21,24). The van der Waals surface area contributed by atoms with Gasteiger partial charge in [0, 0.05) is 18.7 Å². The number of carbonyl (C=O) groups excluding carboxylic acids is 1. The fourth-order valence-electron chi connectivity index (χ4n) is 2.34. The number of hydrogen-bond acceptors (Lipinski definition) is 8. The van der Waals surface area contributed by atoms with E-state index in [4.69, 9.17) is 9.26 Å². The Kier molecular flexibility index (Phi) is 5.70. The topological polar surface area (TPSA) is 102 Å². The second kappa shape index (κ2) is 8.17. The monoisotopic (exact) mass is 387 g/mol. The van der Waals surface area contributed by atoms with Crippen LogP contribution < -0.4 is 15.4 Å². The Labute approximate surface area is 161 Å². The lowest BCUT2D eigenvalue weighted by molar-refractivity contribution is -0.119. The molecular formula is C18H21N5O3S. The van der Waals surface area contributed by atoms with Gasteiger partial charge in [-0.3, -0.25) is 4.79 Å². The van der Waals surface area contributed by atoms with Crippen LogP contribution in [0.3, 0.4) is 0 Å². The molecule has 3 rings (SSSR count). The SMILES string of the molecule is CC(=O)NC(C)c1nc(-c2cnc(Oc3ccc(NC(C)C)cc3)s2)no1. The van der Waals surface area contributed by atoms with E-state index >= 15 is 0 Å². The van der Waals surface area contributed by atoms with Crippen molar-refractivity contribution in [2.45, 2.75) is 39.8 Å². The first-order chi connectivity index (χ1) is 12.9. The molecule has 1 atom stereocenters. The Balaban J connectivity index is 1.66. The van der Waals surface area contributed by atoms with E-state index in [0.29, 0.717) is 33.6 Å². The number of aromatic nitrogens is 3. The Morgan fingerprint density at radius 3 is 2.63 bits per heavy atom. The van der Waals surface area contributed by atoms with Gasteiger partial charge in [0.25, 0.3) is 5.19 Å². The molecule has 0 fully saturated rings. The van der Waals surface area contributed by atoms with Crippen molar-refractivity contribution in [3.05, 3.63) is 36.4 Å². The molecule has 2 N–H and O–H groups in total. The van der Waals surface area contributed by atoms with Crippen molar-refractivity contribution in [3.8, 4) is 21.6 Å². The molecule has 0 saturated carbocycles. The van der Waals surface area contributed by atoms with Crippen LogP contribution in [0, 0.1) is 0 Å². The molecule has 0 aliphatic heterocycles. The highest BCUT2D eigenvalue weighted by Crippen LogP contribution is 2.32. The van der Waals surface area contributed by atoms with Crippen molar-refractivity contribution in [1.29, 1.82) is 0 Å². The maximum atomic E-state index is 11.1. The fourth-order valence-corrected chi connectivity index (χ4v) is 3.05. The summed E-state index contributed by atoms with van der Waals surface area (Å²) >= 11 is 1.31. The average molecular weight is 387 g/mol. The predicted molar refractivity (Wildman–Crippen MR) is 103 cm³/mol. The number of hydrogen-bond donors (Lipinski definition) is 2. The number of amides is 1. The minimum absolute atomic E-state index is 0.162. The van der Waals surface area contributed by atoms with Gasteiger partial charge < -0.3 is 19.9 Å². The summed E-state index contributed by atoms with van der Waals surface area (Å²) in [5.41, 5.74) is 1.03. The van der Waals surface area contributed by atoms with Crippen LogP contribution in [0.1, 0.15) is 39.6 Å². The molecule has 1 aromatic carbocycles. The lowest BCUT2D eigenvalue weighted by Gasteiger charge is -2.10. The highest BCUT2D eigenvalue weighted by molar-refractivity contribution is 7.16. The Bertz CT molecular complexity index is 904. The summed E-state index contributed by atoms with van der Waals surface area (Å²) < 4.78 is 11.0. The molecule has 3 aromatic rings. The van der Waals surface area contributed by atoms with Crippen molar-refractivity contribution in [1.82, 2.24) is 20.4 Å². The molecule has 9 heteroatoms. The molecule has 2 heterocycles. The van der Waals surface area contributed by atoms with Crippen LogP contribution in [0.15, 0.2) is 35.0 Å². The number of carbonyl (C=O) groups is 1. The Morgan fingerprint density at radius 2 is 1.96 bits per heavy atom. The number of rotatable bonds is 7. The van der Waals surface area contributed by atoms with Crippen LogP contribution >= 0.6 is 11.3 Å². The van der Waals surface area contributed by atoms with Gasteiger partial charge in [0.1, 0.15) is 11.8 Å². The third kappa shape index (κ3) is 5.04. The lowest BCUT2D eigenvalue weighted by atomic mass is 10.3. The van der Waals surface area contributed by atoms with Crippen molar-refractivity contribution < 1.29 is 14.1 Å². The highest BCUT2D eigenvalue weighted by Gasteiger charge is 2.18. The normalized spacial score (nSPS) is 12.0. The molecule has 2 aromatic heterocycles. The summed E-state index contributed by atoms with van der Waals surface area (Å²) in [5.74, 6) is 1.28. The first-order valence-electron chi connectivity index (χ1n) is 8.52. The van der Waals surface area contributed by atoms with Gasteiger partial charge in [-0.05, 0) is 45.0 Å². The van der Waals surface area contributed by atoms with Crippen LogP contribution in [0.4, 0.5) is 5.69 Å². The van der Waals surface area contributed by atoms with Gasteiger partial charge in [-0.1, -0.05) is 16.5 Å². The van der Waals surface area contributed by atoms with Crippen LogP contribution in [0.2, 0.25) is 0 Å². The molecular weight excluding hydrogens is 366 g/mol. The second-order valence-corrected chi connectivity index (χ2v) is 7.29. The van der Waals surface area contributed by atoms with Crippen molar-refractivity contribution in [2.75, 3.05) is 5.32 Å².